The first kappa shape index (κ1) is 15.5. The average molecular weight is 286 g/mol. The lowest BCUT2D eigenvalue weighted by atomic mass is 9.91. The van der Waals surface area contributed by atoms with Crippen LogP contribution in [0.3, 0.4) is 0 Å². The maximum Gasteiger partial charge on any atom is 0.0979 e. The molecule has 1 heterocycles. The van der Waals surface area contributed by atoms with Crippen LogP contribution in [0.25, 0.3) is 0 Å². The molecule has 0 amide bonds. The fraction of sp³-hybridized carbons (Fsp3) is 0.389. The molecule has 1 aliphatic heterocycles. The second-order valence-electron chi connectivity index (χ2n) is 5.59. The molecule has 2 aliphatic rings. The van der Waals surface area contributed by atoms with E-state index in [1.54, 1.807) is 13.1 Å². The van der Waals surface area contributed by atoms with Gasteiger partial charge in [0.1, 0.15) is 0 Å². The lowest BCUT2D eigenvalue weighted by molar-refractivity contribution is 0.309. The van der Waals surface area contributed by atoms with Gasteiger partial charge >= 0.3 is 0 Å². The molecule has 0 saturated heterocycles. The zero-order chi connectivity index (χ0) is 15.2. The van der Waals surface area contributed by atoms with Gasteiger partial charge in [-0.1, -0.05) is 30.9 Å². The van der Waals surface area contributed by atoms with Gasteiger partial charge in [-0.25, -0.2) is 4.39 Å². The maximum atomic E-state index is 13.1. The van der Waals surface area contributed by atoms with Crippen molar-refractivity contribution in [2.75, 3.05) is 6.54 Å². The molecular weight excluding hydrogens is 263 g/mol. The fourth-order valence-electron chi connectivity index (χ4n) is 2.63. The Morgan fingerprint density at radius 1 is 1.57 bits per heavy atom. The largest absolute Gasteiger partial charge is 0.342 e. The zero-order valence-corrected chi connectivity index (χ0v) is 12.8. The molecule has 0 saturated carbocycles. The molecule has 112 valence electrons. The van der Waals surface area contributed by atoms with Crippen LogP contribution >= 0.6 is 0 Å². The Morgan fingerprint density at radius 3 is 3.00 bits per heavy atom. The Labute approximate surface area is 126 Å². The SMILES string of the molecule is C=C1C=NC=C(C2=CCC(CC(C)F)C=C2)N(/C=C\C)C1. The number of allylic oxidation sites excluding steroid dienone is 4. The number of halogens is 1. The topological polar surface area (TPSA) is 15.6 Å². The standard InChI is InChI=1S/C18H23FN2/c1-4-9-21-13-14(2)11-20-12-18(21)17-7-5-16(6-8-17)10-15(3)19/h4-5,7-9,11-12,15-16H,2,6,10,13H2,1,3H3/b9-4-. The molecular formula is C18H23FN2. The van der Waals surface area contributed by atoms with Crippen LogP contribution in [0.4, 0.5) is 4.39 Å². The third-order valence-corrected chi connectivity index (χ3v) is 3.58. The van der Waals surface area contributed by atoms with E-state index in [-0.39, 0.29) is 0 Å². The van der Waals surface area contributed by atoms with E-state index in [2.05, 4.69) is 34.7 Å². The van der Waals surface area contributed by atoms with Crippen molar-refractivity contribution in [2.45, 2.75) is 32.9 Å². The molecule has 0 spiro atoms. The number of alkyl halides is 1. The van der Waals surface area contributed by atoms with Crippen molar-refractivity contribution in [1.29, 1.82) is 0 Å². The molecule has 2 nitrogen and oxygen atoms in total. The van der Waals surface area contributed by atoms with Crippen LogP contribution in [0.5, 0.6) is 0 Å². The van der Waals surface area contributed by atoms with E-state index in [1.807, 2.05) is 25.4 Å². The lowest BCUT2D eigenvalue weighted by Crippen LogP contribution is -2.20. The fourth-order valence-corrected chi connectivity index (χ4v) is 2.63. The van der Waals surface area contributed by atoms with Gasteiger partial charge in [-0.15, -0.1) is 0 Å². The van der Waals surface area contributed by atoms with E-state index in [9.17, 15) is 4.39 Å². The Balaban J connectivity index is 2.15. The summed E-state index contributed by atoms with van der Waals surface area (Å²) in [6, 6.07) is 0. The predicted molar refractivity (Wildman–Crippen MR) is 87.8 cm³/mol. The van der Waals surface area contributed by atoms with E-state index in [0.717, 1.165) is 29.8 Å². The highest BCUT2D eigenvalue weighted by molar-refractivity contribution is 5.79. The zero-order valence-electron chi connectivity index (χ0n) is 12.8. The van der Waals surface area contributed by atoms with Gasteiger partial charge in [-0.3, -0.25) is 4.99 Å². The molecule has 0 aromatic carbocycles. The normalized spacial score (nSPS) is 24.0. The summed E-state index contributed by atoms with van der Waals surface area (Å²) in [5.74, 6) is 0.300. The van der Waals surface area contributed by atoms with E-state index in [4.69, 9.17) is 0 Å². The van der Waals surface area contributed by atoms with Crippen molar-refractivity contribution in [1.82, 2.24) is 4.90 Å². The van der Waals surface area contributed by atoms with E-state index in [1.165, 1.54) is 0 Å². The van der Waals surface area contributed by atoms with Crippen LogP contribution in [0.15, 0.2) is 65.1 Å². The second kappa shape index (κ2) is 7.21. The summed E-state index contributed by atoms with van der Waals surface area (Å²) in [7, 11) is 0. The van der Waals surface area contributed by atoms with Crippen molar-refractivity contribution >= 4 is 6.21 Å². The van der Waals surface area contributed by atoms with E-state index in [0.29, 0.717) is 12.3 Å². The highest BCUT2D eigenvalue weighted by atomic mass is 19.1. The third kappa shape index (κ3) is 4.28. The number of nitrogens with zero attached hydrogens (tertiary/aromatic N) is 2. The smallest absolute Gasteiger partial charge is 0.0979 e. The summed E-state index contributed by atoms with van der Waals surface area (Å²) < 4.78 is 13.1. The first-order valence-electron chi connectivity index (χ1n) is 7.43. The Hall–Kier alpha value is -1.90. The highest BCUT2D eigenvalue weighted by Gasteiger charge is 2.17. The minimum atomic E-state index is -0.751. The predicted octanol–water partition coefficient (Wildman–Crippen LogP) is 4.55. The van der Waals surface area contributed by atoms with Gasteiger partial charge in [-0.2, -0.15) is 0 Å². The van der Waals surface area contributed by atoms with Gasteiger partial charge in [0.15, 0.2) is 0 Å². The molecule has 1 aliphatic carbocycles. The average Bonchev–Trinajstić information content (AvgIpc) is 2.61. The summed E-state index contributed by atoms with van der Waals surface area (Å²) in [4.78, 5) is 6.45. The van der Waals surface area contributed by atoms with Crippen LogP contribution in [0.2, 0.25) is 0 Å². The first-order valence-corrected chi connectivity index (χ1v) is 7.43. The molecule has 0 bridgehead atoms. The quantitative estimate of drug-likeness (QED) is 0.740. The number of aliphatic imine (C=N–C) groups is 1. The molecule has 21 heavy (non-hydrogen) atoms. The van der Waals surface area contributed by atoms with Crippen LogP contribution < -0.4 is 0 Å². The highest BCUT2D eigenvalue weighted by Crippen LogP contribution is 2.28. The monoisotopic (exact) mass is 286 g/mol. The third-order valence-electron chi connectivity index (χ3n) is 3.58. The summed E-state index contributed by atoms with van der Waals surface area (Å²) >= 11 is 0. The van der Waals surface area contributed by atoms with Gasteiger partial charge in [0.05, 0.1) is 18.1 Å². The van der Waals surface area contributed by atoms with Crippen LogP contribution in [0.1, 0.15) is 26.7 Å². The number of rotatable bonds is 4. The summed E-state index contributed by atoms with van der Waals surface area (Å²) in [6.07, 6.45) is 14.8. The molecule has 2 rings (SSSR count). The molecule has 0 aromatic heterocycles. The maximum absolute atomic E-state index is 13.1. The molecule has 3 heteroatoms. The van der Waals surface area contributed by atoms with Crippen LogP contribution in [0, 0.1) is 5.92 Å². The summed E-state index contributed by atoms with van der Waals surface area (Å²) in [5, 5.41) is 0. The number of hydrogen-bond acceptors (Lipinski definition) is 2. The molecule has 0 N–H and O–H groups in total. The van der Waals surface area contributed by atoms with Crippen LogP contribution in [-0.4, -0.2) is 23.8 Å². The van der Waals surface area contributed by atoms with Crippen molar-refractivity contribution in [3.8, 4) is 0 Å². The van der Waals surface area contributed by atoms with Crippen LogP contribution in [-0.2, 0) is 0 Å². The first-order chi connectivity index (χ1) is 10.1. The van der Waals surface area contributed by atoms with E-state index < -0.39 is 6.17 Å². The minimum Gasteiger partial charge on any atom is -0.342 e. The Morgan fingerprint density at radius 2 is 2.38 bits per heavy atom. The van der Waals surface area contributed by atoms with Gasteiger partial charge in [0, 0.05) is 19.0 Å². The van der Waals surface area contributed by atoms with Gasteiger partial charge in [0.2, 0.25) is 0 Å². The van der Waals surface area contributed by atoms with E-state index >= 15 is 0 Å². The van der Waals surface area contributed by atoms with Crippen molar-refractivity contribution in [3.63, 3.8) is 0 Å². The molecule has 0 fully saturated rings. The molecule has 0 radical (unpaired) electrons. The lowest BCUT2D eigenvalue weighted by Gasteiger charge is -2.25. The van der Waals surface area contributed by atoms with Gasteiger partial charge < -0.3 is 4.90 Å². The van der Waals surface area contributed by atoms with Crippen molar-refractivity contribution in [2.24, 2.45) is 10.9 Å². The van der Waals surface area contributed by atoms with Crippen molar-refractivity contribution < 1.29 is 4.39 Å². The Bertz CT molecular complexity index is 535. The summed E-state index contributed by atoms with van der Waals surface area (Å²) in [6.45, 7) is 8.34. The summed E-state index contributed by atoms with van der Waals surface area (Å²) in [5.41, 5.74) is 3.18. The molecule has 2 atom stereocenters. The second-order valence-corrected chi connectivity index (χ2v) is 5.59. The van der Waals surface area contributed by atoms with Gasteiger partial charge in [0.25, 0.3) is 0 Å². The van der Waals surface area contributed by atoms with Gasteiger partial charge in [-0.05, 0) is 43.8 Å². The van der Waals surface area contributed by atoms with Crippen molar-refractivity contribution in [3.05, 3.63) is 60.1 Å². The Kier molecular flexibility index (Phi) is 5.32. The molecule has 2 unspecified atom stereocenters. The minimum absolute atomic E-state index is 0.300. The number of hydrogen-bond donors (Lipinski definition) is 0. The molecule has 0 aromatic rings.